The number of aryl methyl sites for hydroxylation is 3. The molecule has 0 bridgehead atoms. The van der Waals surface area contributed by atoms with Crippen LogP contribution in [-0.4, -0.2) is 27.0 Å². The fourth-order valence-corrected chi connectivity index (χ4v) is 3.89. The van der Waals surface area contributed by atoms with E-state index in [1.165, 1.54) is 11.3 Å². The number of aromatic nitrogens is 3. The number of thiazole rings is 1. The first kappa shape index (κ1) is 17.6. The first-order valence-corrected chi connectivity index (χ1v) is 9.19. The van der Waals surface area contributed by atoms with Gasteiger partial charge in [-0.1, -0.05) is 17.4 Å². The van der Waals surface area contributed by atoms with E-state index in [-0.39, 0.29) is 12.5 Å². The molecule has 1 amide bonds. The van der Waals surface area contributed by atoms with Crippen LogP contribution in [-0.2, 0) is 11.8 Å². The van der Waals surface area contributed by atoms with Crippen molar-refractivity contribution < 1.29 is 9.53 Å². The van der Waals surface area contributed by atoms with E-state index >= 15 is 0 Å². The number of hydrogen-bond acceptors (Lipinski definition) is 5. The van der Waals surface area contributed by atoms with Crippen molar-refractivity contribution in [2.75, 3.05) is 11.9 Å². The fraction of sp³-hybridized carbons (Fsp3) is 0.235. The Kier molecular flexibility index (Phi) is 5.19. The minimum atomic E-state index is -0.257. The zero-order valence-electron chi connectivity index (χ0n) is 14.0. The maximum atomic E-state index is 12.1. The van der Waals surface area contributed by atoms with Crippen LogP contribution in [0.2, 0.25) is 0 Å². The van der Waals surface area contributed by atoms with Gasteiger partial charge >= 0.3 is 0 Å². The van der Waals surface area contributed by atoms with Gasteiger partial charge < -0.3 is 9.30 Å². The highest BCUT2D eigenvalue weighted by molar-refractivity contribution is 9.10. The third-order valence-corrected chi connectivity index (χ3v) is 5.20. The molecular formula is C17H17BrN4O2S. The third-order valence-electron chi connectivity index (χ3n) is 3.51. The molecule has 130 valence electrons. The van der Waals surface area contributed by atoms with E-state index < -0.39 is 0 Å². The van der Waals surface area contributed by atoms with Gasteiger partial charge in [-0.2, -0.15) is 0 Å². The number of rotatable bonds is 5. The van der Waals surface area contributed by atoms with Gasteiger partial charge in [0.05, 0.1) is 15.0 Å². The van der Waals surface area contributed by atoms with Crippen molar-refractivity contribution in [3.05, 3.63) is 46.3 Å². The van der Waals surface area contributed by atoms with Gasteiger partial charge in [0.2, 0.25) is 0 Å². The van der Waals surface area contributed by atoms with Crippen molar-refractivity contribution in [3.63, 3.8) is 0 Å². The van der Waals surface area contributed by atoms with E-state index in [2.05, 4.69) is 31.2 Å². The van der Waals surface area contributed by atoms with Crippen molar-refractivity contribution >= 4 is 38.3 Å². The summed E-state index contributed by atoms with van der Waals surface area (Å²) in [4.78, 5) is 21.8. The molecule has 0 aliphatic rings. The summed E-state index contributed by atoms with van der Waals surface area (Å²) < 4.78 is 8.30. The van der Waals surface area contributed by atoms with Crippen LogP contribution >= 0.6 is 27.3 Å². The number of hydrogen-bond donors (Lipinski definition) is 1. The topological polar surface area (TPSA) is 69.0 Å². The molecule has 3 aromatic rings. The number of carbonyl (C=O) groups excluding carboxylic acids is 1. The predicted molar refractivity (Wildman–Crippen MR) is 102 cm³/mol. The first-order chi connectivity index (χ1) is 11.9. The summed E-state index contributed by atoms with van der Waals surface area (Å²) in [6.07, 6.45) is 3.61. The Morgan fingerprint density at radius 3 is 2.88 bits per heavy atom. The van der Waals surface area contributed by atoms with E-state index in [4.69, 9.17) is 4.74 Å². The lowest BCUT2D eigenvalue weighted by Crippen LogP contribution is -2.20. The van der Waals surface area contributed by atoms with Crippen molar-refractivity contribution in [2.45, 2.75) is 13.8 Å². The lowest BCUT2D eigenvalue weighted by atomic mass is 10.2. The van der Waals surface area contributed by atoms with Gasteiger partial charge in [0, 0.05) is 19.4 Å². The molecule has 0 fully saturated rings. The maximum Gasteiger partial charge on any atom is 0.264 e. The minimum absolute atomic E-state index is 0.0853. The molecule has 25 heavy (non-hydrogen) atoms. The van der Waals surface area contributed by atoms with Crippen LogP contribution in [0.1, 0.15) is 11.3 Å². The van der Waals surface area contributed by atoms with E-state index in [1.54, 1.807) is 6.20 Å². The Labute approximate surface area is 158 Å². The zero-order valence-corrected chi connectivity index (χ0v) is 16.4. The number of imidazole rings is 1. The second-order valence-corrected chi connectivity index (χ2v) is 7.42. The van der Waals surface area contributed by atoms with Crippen LogP contribution in [0.25, 0.3) is 10.7 Å². The number of benzene rings is 1. The van der Waals surface area contributed by atoms with Gasteiger partial charge in [0.15, 0.2) is 17.6 Å². The molecule has 0 saturated heterocycles. The van der Waals surface area contributed by atoms with E-state index in [0.29, 0.717) is 10.9 Å². The van der Waals surface area contributed by atoms with Crippen molar-refractivity contribution in [1.29, 1.82) is 0 Å². The predicted octanol–water partition coefficient (Wildman–Crippen LogP) is 3.94. The molecule has 0 aliphatic heterocycles. The number of halogens is 1. The SMILES string of the molecule is Cc1ccc(OCC(=O)Nc2nc(C)c(-c3nccn3C)s2)c(Br)c1. The van der Waals surface area contributed by atoms with Crippen LogP contribution in [0.4, 0.5) is 5.13 Å². The van der Waals surface area contributed by atoms with Crippen LogP contribution in [0.15, 0.2) is 35.1 Å². The van der Waals surface area contributed by atoms with E-state index in [0.717, 1.165) is 26.4 Å². The Morgan fingerprint density at radius 2 is 2.20 bits per heavy atom. The average molecular weight is 421 g/mol. The third kappa shape index (κ3) is 4.08. The Bertz CT molecular complexity index is 919. The van der Waals surface area contributed by atoms with Crippen LogP contribution < -0.4 is 10.1 Å². The van der Waals surface area contributed by atoms with Crippen molar-refractivity contribution in [1.82, 2.24) is 14.5 Å². The average Bonchev–Trinajstić information content (AvgIpc) is 3.11. The number of carbonyl (C=O) groups is 1. The lowest BCUT2D eigenvalue weighted by Gasteiger charge is -2.08. The second-order valence-electron chi connectivity index (χ2n) is 5.57. The van der Waals surface area contributed by atoms with E-state index in [1.807, 2.05) is 49.9 Å². The maximum absolute atomic E-state index is 12.1. The summed E-state index contributed by atoms with van der Waals surface area (Å²) in [6, 6.07) is 5.71. The largest absolute Gasteiger partial charge is 0.483 e. The zero-order chi connectivity index (χ0) is 18.0. The number of nitrogens with one attached hydrogen (secondary N) is 1. The molecular weight excluding hydrogens is 404 g/mol. The van der Waals surface area contributed by atoms with Crippen LogP contribution in [0.3, 0.4) is 0 Å². The molecule has 2 aromatic heterocycles. The van der Waals surface area contributed by atoms with Crippen molar-refractivity contribution in [3.8, 4) is 16.5 Å². The molecule has 6 nitrogen and oxygen atoms in total. The van der Waals surface area contributed by atoms with Gasteiger partial charge in [0.1, 0.15) is 5.75 Å². The monoisotopic (exact) mass is 420 g/mol. The molecule has 0 aliphatic carbocycles. The molecule has 0 saturated carbocycles. The first-order valence-electron chi connectivity index (χ1n) is 7.58. The second kappa shape index (κ2) is 7.37. The van der Waals surface area contributed by atoms with Crippen LogP contribution in [0.5, 0.6) is 5.75 Å². The Morgan fingerprint density at radius 1 is 1.40 bits per heavy atom. The highest BCUT2D eigenvalue weighted by atomic mass is 79.9. The summed E-state index contributed by atoms with van der Waals surface area (Å²) in [7, 11) is 1.92. The molecule has 0 unspecified atom stereocenters. The molecule has 2 heterocycles. The fourth-order valence-electron chi connectivity index (χ4n) is 2.26. The van der Waals surface area contributed by atoms with E-state index in [9.17, 15) is 4.79 Å². The normalized spacial score (nSPS) is 10.7. The smallest absolute Gasteiger partial charge is 0.264 e. The minimum Gasteiger partial charge on any atom is -0.483 e. The molecule has 0 atom stereocenters. The Hall–Kier alpha value is -2.19. The Balaban J connectivity index is 1.64. The number of anilines is 1. The van der Waals surface area contributed by atoms with Crippen LogP contribution in [0, 0.1) is 13.8 Å². The lowest BCUT2D eigenvalue weighted by molar-refractivity contribution is -0.118. The number of nitrogens with zero attached hydrogens (tertiary/aromatic N) is 3. The van der Waals surface area contributed by atoms with Crippen molar-refractivity contribution in [2.24, 2.45) is 7.05 Å². The molecule has 0 spiro atoms. The summed E-state index contributed by atoms with van der Waals surface area (Å²) in [5.74, 6) is 1.20. The highest BCUT2D eigenvalue weighted by Gasteiger charge is 2.15. The highest BCUT2D eigenvalue weighted by Crippen LogP contribution is 2.31. The van der Waals surface area contributed by atoms with Gasteiger partial charge in [-0.3, -0.25) is 10.1 Å². The molecule has 8 heteroatoms. The van der Waals surface area contributed by atoms with Gasteiger partial charge in [-0.15, -0.1) is 0 Å². The molecule has 1 aromatic carbocycles. The van der Waals surface area contributed by atoms with Gasteiger partial charge in [-0.05, 0) is 47.5 Å². The summed E-state index contributed by atoms with van der Waals surface area (Å²) in [5.41, 5.74) is 1.94. The molecule has 3 rings (SSSR count). The quantitative estimate of drug-likeness (QED) is 0.678. The standard InChI is InChI=1S/C17H17BrN4O2S/c1-10-4-5-13(12(18)8-10)24-9-14(23)21-17-20-11(2)15(25-17)16-19-6-7-22(16)3/h4-8H,9H2,1-3H3,(H,20,21,23). The summed E-state index contributed by atoms with van der Waals surface area (Å²) >= 11 is 4.82. The van der Waals surface area contributed by atoms with Gasteiger partial charge in [0.25, 0.3) is 5.91 Å². The summed E-state index contributed by atoms with van der Waals surface area (Å²) in [5, 5.41) is 3.31. The molecule has 0 radical (unpaired) electrons. The van der Waals surface area contributed by atoms with Gasteiger partial charge in [-0.25, -0.2) is 9.97 Å². The molecule has 1 N–H and O–H groups in total. The number of ether oxygens (including phenoxy) is 1. The summed E-state index contributed by atoms with van der Waals surface area (Å²) in [6.45, 7) is 3.80. The number of amides is 1.